The van der Waals surface area contributed by atoms with Crippen molar-refractivity contribution < 1.29 is 14.3 Å². The minimum absolute atomic E-state index is 0.151. The largest absolute Gasteiger partial charge is 0.454 e. The van der Waals surface area contributed by atoms with Crippen LogP contribution in [-0.4, -0.2) is 26.8 Å². The van der Waals surface area contributed by atoms with Crippen molar-refractivity contribution in [3.05, 3.63) is 75.7 Å². The lowest BCUT2D eigenvalue weighted by atomic mass is 10.1. The van der Waals surface area contributed by atoms with Gasteiger partial charge in [-0.25, -0.2) is 4.98 Å². The van der Waals surface area contributed by atoms with Crippen LogP contribution < -0.4 is 20.3 Å². The van der Waals surface area contributed by atoms with E-state index in [1.807, 2.05) is 22.8 Å². The molecule has 1 N–H and O–H groups in total. The number of carbonyl (C=O) groups is 1. The van der Waals surface area contributed by atoms with Gasteiger partial charge in [-0.3, -0.25) is 9.59 Å². The van der Waals surface area contributed by atoms with E-state index in [-0.39, 0.29) is 23.8 Å². The maximum atomic E-state index is 13.1. The maximum absolute atomic E-state index is 13.1. The Hall–Kier alpha value is -3.55. The Labute approximate surface area is 180 Å². The summed E-state index contributed by atoms with van der Waals surface area (Å²) in [6.07, 6.45) is 5.20. The summed E-state index contributed by atoms with van der Waals surface area (Å²) >= 11 is 0. The normalized spacial score (nSPS) is 12.4. The van der Waals surface area contributed by atoms with Crippen LogP contribution in [0.5, 0.6) is 11.5 Å². The maximum Gasteiger partial charge on any atom is 0.263 e. The summed E-state index contributed by atoms with van der Waals surface area (Å²) < 4.78 is 14.3. The van der Waals surface area contributed by atoms with Crippen LogP contribution in [0, 0.1) is 12.8 Å². The molecule has 8 heteroatoms. The monoisotopic (exact) mass is 422 g/mol. The number of amides is 1. The van der Waals surface area contributed by atoms with Gasteiger partial charge in [-0.2, -0.15) is 0 Å². The molecular weight excluding hydrogens is 396 g/mol. The third-order valence-electron chi connectivity index (χ3n) is 5.18. The number of rotatable bonds is 7. The molecule has 1 aliphatic heterocycles. The van der Waals surface area contributed by atoms with E-state index in [0.717, 1.165) is 17.8 Å². The van der Waals surface area contributed by atoms with E-state index in [1.54, 1.807) is 31.7 Å². The van der Waals surface area contributed by atoms with Crippen LogP contribution in [0.2, 0.25) is 0 Å². The summed E-state index contributed by atoms with van der Waals surface area (Å²) in [6, 6.07) is 7.34. The smallest absolute Gasteiger partial charge is 0.263 e. The molecule has 1 aromatic carbocycles. The van der Waals surface area contributed by atoms with Crippen molar-refractivity contribution in [2.24, 2.45) is 5.92 Å². The second kappa shape index (κ2) is 8.67. The van der Waals surface area contributed by atoms with Gasteiger partial charge >= 0.3 is 0 Å². The van der Waals surface area contributed by atoms with E-state index in [9.17, 15) is 9.59 Å². The summed E-state index contributed by atoms with van der Waals surface area (Å²) in [6.45, 7) is 7.67. The van der Waals surface area contributed by atoms with Crippen LogP contribution in [0.3, 0.4) is 0 Å². The number of hydrogen-bond donors (Lipinski definition) is 1. The first kappa shape index (κ1) is 20.7. The molecule has 1 amide bonds. The number of carbonyl (C=O) groups excluding carboxylic acids is 1. The summed E-state index contributed by atoms with van der Waals surface area (Å²) in [4.78, 5) is 30.1. The molecule has 1 aliphatic rings. The minimum Gasteiger partial charge on any atom is -0.454 e. The molecule has 31 heavy (non-hydrogen) atoms. The summed E-state index contributed by atoms with van der Waals surface area (Å²) in [7, 11) is 0. The number of pyridine rings is 1. The Morgan fingerprint density at radius 3 is 2.81 bits per heavy atom. The average Bonchev–Trinajstić information content (AvgIpc) is 3.37. The predicted molar refractivity (Wildman–Crippen MR) is 115 cm³/mol. The van der Waals surface area contributed by atoms with Crippen LogP contribution in [0.1, 0.15) is 41.0 Å². The Balaban J connectivity index is 1.51. The zero-order valence-corrected chi connectivity index (χ0v) is 17.9. The SMILES string of the molecule is Cc1ccn(Cc2ccc3c(c2)OCO3)c(=O)c1C(=O)NCc1cncn1CC(C)C. The average molecular weight is 422 g/mol. The lowest BCUT2D eigenvalue weighted by Crippen LogP contribution is -2.34. The van der Waals surface area contributed by atoms with Gasteiger partial charge in [0, 0.05) is 18.9 Å². The molecule has 0 atom stereocenters. The number of ether oxygens (including phenoxy) is 2. The predicted octanol–water partition coefficient (Wildman–Crippen LogP) is 2.72. The fourth-order valence-electron chi connectivity index (χ4n) is 3.61. The van der Waals surface area contributed by atoms with Crippen LogP contribution in [0.15, 0.2) is 47.8 Å². The Morgan fingerprint density at radius 1 is 1.19 bits per heavy atom. The lowest BCUT2D eigenvalue weighted by molar-refractivity contribution is 0.0947. The molecule has 0 aliphatic carbocycles. The van der Waals surface area contributed by atoms with Crippen LogP contribution in [0.25, 0.3) is 0 Å². The molecule has 3 aromatic rings. The molecule has 0 unspecified atom stereocenters. The van der Waals surface area contributed by atoms with Gasteiger partial charge in [0.1, 0.15) is 5.56 Å². The van der Waals surface area contributed by atoms with E-state index in [2.05, 4.69) is 24.1 Å². The molecule has 0 saturated carbocycles. The van der Waals surface area contributed by atoms with Crippen molar-refractivity contribution in [2.75, 3.05) is 6.79 Å². The molecule has 2 aromatic heterocycles. The van der Waals surface area contributed by atoms with Crippen molar-refractivity contribution in [3.8, 4) is 11.5 Å². The Morgan fingerprint density at radius 2 is 2.00 bits per heavy atom. The van der Waals surface area contributed by atoms with Gasteiger partial charge in [0.15, 0.2) is 11.5 Å². The molecule has 4 rings (SSSR count). The first-order chi connectivity index (χ1) is 14.9. The molecule has 0 radical (unpaired) electrons. The fraction of sp³-hybridized carbons (Fsp3) is 0.348. The Bertz CT molecular complexity index is 1160. The number of imidazole rings is 1. The highest BCUT2D eigenvalue weighted by Gasteiger charge is 2.18. The zero-order chi connectivity index (χ0) is 22.0. The first-order valence-corrected chi connectivity index (χ1v) is 10.3. The van der Waals surface area contributed by atoms with Gasteiger partial charge in [0.2, 0.25) is 6.79 Å². The molecule has 0 fully saturated rings. The second-order valence-electron chi connectivity index (χ2n) is 8.11. The van der Waals surface area contributed by atoms with Gasteiger partial charge in [-0.05, 0) is 42.2 Å². The number of nitrogens with zero attached hydrogens (tertiary/aromatic N) is 3. The fourth-order valence-corrected chi connectivity index (χ4v) is 3.61. The molecule has 0 bridgehead atoms. The first-order valence-electron chi connectivity index (χ1n) is 10.3. The van der Waals surface area contributed by atoms with Gasteiger partial charge < -0.3 is 23.9 Å². The third kappa shape index (κ3) is 4.47. The molecule has 3 heterocycles. The number of aryl methyl sites for hydroxylation is 1. The summed E-state index contributed by atoms with van der Waals surface area (Å²) in [5.41, 5.74) is 2.25. The topological polar surface area (TPSA) is 87.4 Å². The molecule has 162 valence electrons. The van der Waals surface area contributed by atoms with E-state index in [1.165, 1.54) is 4.57 Å². The van der Waals surface area contributed by atoms with E-state index in [4.69, 9.17) is 9.47 Å². The highest BCUT2D eigenvalue weighted by Crippen LogP contribution is 2.32. The molecule has 8 nitrogen and oxygen atoms in total. The van der Waals surface area contributed by atoms with Gasteiger partial charge in [-0.15, -0.1) is 0 Å². The van der Waals surface area contributed by atoms with Crippen molar-refractivity contribution >= 4 is 5.91 Å². The Kier molecular flexibility index (Phi) is 5.79. The van der Waals surface area contributed by atoms with Crippen molar-refractivity contribution in [1.82, 2.24) is 19.4 Å². The number of nitrogens with one attached hydrogen (secondary N) is 1. The minimum atomic E-state index is -0.389. The van der Waals surface area contributed by atoms with E-state index in [0.29, 0.717) is 36.1 Å². The van der Waals surface area contributed by atoms with Gasteiger partial charge in [-0.1, -0.05) is 19.9 Å². The zero-order valence-electron chi connectivity index (χ0n) is 17.9. The lowest BCUT2D eigenvalue weighted by Gasteiger charge is -2.13. The van der Waals surface area contributed by atoms with Crippen molar-refractivity contribution in [3.63, 3.8) is 0 Å². The summed E-state index contributed by atoms with van der Waals surface area (Å²) in [5.74, 6) is 1.42. The number of fused-ring (bicyclic) bond motifs is 1. The van der Waals surface area contributed by atoms with Crippen molar-refractivity contribution in [2.45, 2.75) is 40.4 Å². The third-order valence-corrected chi connectivity index (χ3v) is 5.18. The number of aromatic nitrogens is 3. The molecular formula is C23H26N4O4. The molecule has 0 spiro atoms. The quantitative estimate of drug-likeness (QED) is 0.633. The second-order valence-corrected chi connectivity index (χ2v) is 8.11. The standard InChI is InChI=1S/C23H26N4O4/c1-15(2)11-27-13-24-9-18(27)10-25-22(28)21-16(3)6-7-26(23(21)29)12-17-4-5-19-20(8-17)31-14-30-19/h4-9,13,15H,10-12,14H2,1-3H3,(H,25,28). The highest BCUT2D eigenvalue weighted by molar-refractivity contribution is 5.95. The van der Waals surface area contributed by atoms with Crippen molar-refractivity contribution in [1.29, 1.82) is 0 Å². The number of benzene rings is 1. The van der Waals surface area contributed by atoms with Crippen LogP contribution >= 0.6 is 0 Å². The highest BCUT2D eigenvalue weighted by atomic mass is 16.7. The van der Waals surface area contributed by atoms with Crippen LogP contribution in [0.4, 0.5) is 0 Å². The van der Waals surface area contributed by atoms with Crippen LogP contribution in [-0.2, 0) is 19.6 Å². The number of hydrogen-bond acceptors (Lipinski definition) is 5. The van der Waals surface area contributed by atoms with E-state index < -0.39 is 0 Å². The van der Waals surface area contributed by atoms with Gasteiger partial charge in [0.05, 0.1) is 25.1 Å². The van der Waals surface area contributed by atoms with E-state index >= 15 is 0 Å². The van der Waals surface area contributed by atoms with Gasteiger partial charge in [0.25, 0.3) is 11.5 Å². The summed E-state index contributed by atoms with van der Waals surface area (Å²) in [5, 5.41) is 2.87. The molecule has 0 saturated heterocycles.